The second-order valence-electron chi connectivity index (χ2n) is 4.97. The fraction of sp³-hybridized carbons (Fsp3) is 0.615. The molecule has 1 aromatic heterocycles. The first-order valence-electron chi connectivity index (χ1n) is 6.95. The minimum atomic E-state index is -3.53. The number of hydrogen-bond acceptors (Lipinski definition) is 5. The predicted octanol–water partition coefficient (Wildman–Crippen LogP) is 2.68. The number of pyridine rings is 1. The van der Waals surface area contributed by atoms with E-state index < -0.39 is 10.0 Å². The SMILES string of the molecule is CCCNc1ncc(S(=O)(=O)N2CCSCC2C)cc1Cl. The number of sulfonamides is 1. The van der Waals surface area contributed by atoms with Gasteiger partial charge in [-0.1, -0.05) is 18.5 Å². The van der Waals surface area contributed by atoms with Crippen molar-refractivity contribution < 1.29 is 8.42 Å². The standard InChI is InChI=1S/C13H20ClN3O2S2/c1-3-4-15-13-12(14)7-11(8-16-13)21(18,19)17-5-6-20-9-10(17)2/h7-8,10H,3-6,9H2,1-2H3,(H,15,16). The van der Waals surface area contributed by atoms with Crippen molar-refractivity contribution in [2.75, 3.05) is 29.9 Å². The van der Waals surface area contributed by atoms with Crippen LogP contribution >= 0.6 is 23.4 Å². The van der Waals surface area contributed by atoms with Crippen LogP contribution in [0.1, 0.15) is 20.3 Å². The van der Waals surface area contributed by atoms with Crippen LogP contribution in [0.15, 0.2) is 17.2 Å². The number of thioether (sulfide) groups is 1. The molecule has 21 heavy (non-hydrogen) atoms. The highest BCUT2D eigenvalue weighted by Gasteiger charge is 2.31. The summed E-state index contributed by atoms with van der Waals surface area (Å²) in [6, 6.07) is 1.47. The first kappa shape index (κ1) is 16.9. The van der Waals surface area contributed by atoms with Crippen LogP contribution in [0.4, 0.5) is 5.82 Å². The van der Waals surface area contributed by atoms with Gasteiger partial charge in [0, 0.05) is 36.8 Å². The highest BCUT2D eigenvalue weighted by molar-refractivity contribution is 7.99. The Morgan fingerprint density at radius 3 is 2.95 bits per heavy atom. The lowest BCUT2D eigenvalue weighted by molar-refractivity contribution is 0.367. The third kappa shape index (κ3) is 3.83. The molecule has 8 heteroatoms. The monoisotopic (exact) mass is 349 g/mol. The maximum absolute atomic E-state index is 12.7. The highest BCUT2D eigenvalue weighted by atomic mass is 35.5. The van der Waals surface area contributed by atoms with Gasteiger partial charge >= 0.3 is 0 Å². The molecule has 0 spiro atoms. The van der Waals surface area contributed by atoms with Gasteiger partial charge in [0.25, 0.3) is 0 Å². The largest absolute Gasteiger partial charge is 0.369 e. The van der Waals surface area contributed by atoms with Gasteiger partial charge in [0.15, 0.2) is 0 Å². The van der Waals surface area contributed by atoms with Crippen molar-refractivity contribution in [3.05, 3.63) is 17.3 Å². The Hall–Kier alpha value is -0.500. The number of anilines is 1. The summed E-state index contributed by atoms with van der Waals surface area (Å²) in [5.41, 5.74) is 0. The van der Waals surface area contributed by atoms with Crippen molar-refractivity contribution in [2.24, 2.45) is 0 Å². The van der Waals surface area contributed by atoms with Crippen LogP contribution < -0.4 is 5.32 Å². The molecule has 0 radical (unpaired) electrons. The summed E-state index contributed by atoms with van der Waals surface area (Å²) in [6.45, 7) is 5.24. The number of nitrogens with zero attached hydrogens (tertiary/aromatic N) is 2. The Morgan fingerprint density at radius 1 is 1.57 bits per heavy atom. The number of aromatic nitrogens is 1. The van der Waals surface area contributed by atoms with E-state index in [2.05, 4.69) is 10.3 Å². The summed E-state index contributed by atoms with van der Waals surface area (Å²) < 4.78 is 26.9. The van der Waals surface area contributed by atoms with Crippen LogP contribution in [0.2, 0.25) is 5.02 Å². The molecule has 1 unspecified atom stereocenters. The highest BCUT2D eigenvalue weighted by Crippen LogP contribution is 2.27. The van der Waals surface area contributed by atoms with Crippen molar-refractivity contribution in [3.63, 3.8) is 0 Å². The van der Waals surface area contributed by atoms with Gasteiger partial charge < -0.3 is 5.32 Å². The minimum Gasteiger partial charge on any atom is -0.369 e. The molecule has 0 saturated carbocycles. The third-order valence-corrected chi connectivity index (χ3v) is 6.73. The van der Waals surface area contributed by atoms with E-state index in [1.54, 1.807) is 11.8 Å². The maximum Gasteiger partial charge on any atom is 0.244 e. The van der Waals surface area contributed by atoms with Crippen LogP contribution in [-0.4, -0.2) is 48.3 Å². The average Bonchev–Trinajstić information content (AvgIpc) is 2.46. The van der Waals surface area contributed by atoms with E-state index in [9.17, 15) is 8.42 Å². The Balaban J connectivity index is 2.26. The first-order chi connectivity index (χ1) is 9.96. The number of rotatable bonds is 5. The van der Waals surface area contributed by atoms with Gasteiger partial charge in [0.1, 0.15) is 10.7 Å². The zero-order chi connectivity index (χ0) is 15.5. The van der Waals surface area contributed by atoms with E-state index in [-0.39, 0.29) is 10.9 Å². The van der Waals surface area contributed by atoms with Crippen molar-refractivity contribution in [1.29, 1.82) is 0 Å². The molecule has 1 atom stereocenters. The quantitative estimate of drug-likeness (QED) is 0.885. The van der Waals surface area contributed by atoms with Crippen molar-refractivity contribution in [2.45, 2.75) is 31.2 Å². The third-order valence-electron chi connectivity index (χ3n) is 3.27. The van der Waals surface area contributed by atoms with Gasteiger partial charge in [-0.15, -0.1) is 0 Å². The summed E-state index contributed by atoms with van der Waals surface area (Å²) in [4.78, 5) is 4.31. The topological polar surface area (TPSA) is 62.3 Å². The van der Waals surface area contributed by atoms with Gasteiger partial charge in [0.05, 0.1) is 5.02 Å². The fourth-order valence-electron chi connectivity index (χ4n) is 2.14. The van der Waals surface area contributed by atoms with Crippen LogP contribution in [0.3, 0.4) is 0 Å². The van der Waals surface area contributed by atoms with E-state index in [0.717, 1.165) is 24.5 Å². The van der Waals surface area contributed by atoms with Crippen molar-refractivity contribution in [1.82, 2.24) is 9.29 Å². The predicted molar refractivity (Wildman–Crippen MR) is 88.7 cm³/mol. The Labute approximate surface area is 135 Å². The van der Waals surface area contributed by atoms with E-state index in [1.807, 2.05) is 13.8 Å². The summed E-state index contributed by atoms with van der Waals surface area (Å²) in [6.07, 6.45) is 2.33. The molecular weight excluding hydrogens is 330 g/mol. The molecule has 1 aliphatic rings. The molecule has 1 aliphatic heterocycles. The summed E-state index contributed by atoms with van der Waals surface area (Å²) in [5.74, 6) is 2.16. The first-order valence-corrected chi connectivity index (χ1v) is 9.93. The lowest BCUT2D eigenvalue weighted by Crippen LogP contribution is -2.44. The fourth-order valence-corrected chi connectivity index (χ4v) is 5.26. The zero-order valence-corrected chi connectivity index (χ0v) is 14.6. The van der Waals surface area contributed by atoms with Gasteiger partial charge in [-0.05, 0) is 19.4 Å². The van der Waals surface area contributed by atoms with Gasteiger partial charge in [-0.25, -0.2) is 13.4 Å². The number of halogens is 1. The van der Waals surface area contributed by atoms with Crippen LogP contribution in [0, 0.1) is 0 Å². The molecule has 0 bridgehead atoms. The van der Waals surface area contributed by atoms with Crippen LogP contribution in [0.25, 0.3) is 0 Å². The van der Waals surface area contributed by atoms with E-state index in [0.29, 0.717) is 17.4 Å². The molecule has 1 N–H and O–H groups in total. The molecule has 5 nitrogen and oxygen atoms in total. The van der Waals surface area contributed by atoms with Gasteiger partial charge in [0.2, 0.25) is 10.0 Å². The summed E-state index contributed by atoms with van der Waals surface area (Å²) in [5, 5.41) is 3.41. The molecule has 2 heterocycles. The maximum atomic E-state index is 12.7. The Morgan fingerprint density at radius 2 is 2.33 bits per heavy atom. The minimum absolute atomic E-state index is 0.00887. The van der Waals surface area contributed by atoms with Crippen molar-refractivity contribution >= 4 is 39.2 Å². The molecule has 1 saturated heterocycles. The molecule has 118 valence electrons. The molecule has 1 aromatic rings. The van der Waals surface area contributed by atoms with Crippen molar-refractivity contribution in [3.8, 4) is 0 Å². The number of hydrogen-bond donors (Lipinski definition) is 1. The van der Waals surface area contributed by atoms with Gasteiger partial charge in [-0.2, -0.15) is 16.1 Å². The lowest BCUT2D eigenvalue weighted by Gasteiger charge is -2.31. The van der Waals surface area contributed by atoms with Crippen LogP contribution in [0.5, 0.6) is 0 Å². The van der Waals surface area contributed by atoms with Crippen LogP contribution in [-0.2, 0) is 10.0 Å². The lowest BCUT2D eigenvalue weighted by atomic mass is 10.4. The molecular formula is C13H20ClN3O2S2. The molecule has 2 rings (SSSR count). The molecule has 1 fully saturated rings. The molecule has 0 aliphatic carbocycles. The normalized spacial score (nSPS) is 20.4. The second kappa shape index (κ2) is 7.17. The smallest absolute Gasteiger partial charge is 0.244 e. The van der Waals surface area contributed by atoms with Gasteiger partial charge in [-0.3, -0.25) is 0 Å². The zero-order valence-electron chi connectivity index (χ0n) is 12.2. The van der Waals surface area contributed by atoms with E-state index in [1.165, 1.54) is 16.6 Å². The van der Waals surface area contributed by atoms with E-state index in [4.69, 9.17) is 11.6 Å². The molecule has 0 aromatic carbocycles. The second-order valence-corrected chi connectivity index (χ2v) is 8.42. The Bertz CT molecular complexity index is 595. The summed E-state index contributed by atoms with van der Waals surface area (Å²) in [7, 11) is -3.53. The summed E-state index contributed by atoms with van der Waals surface area (Å²) >= 11 is 7.91. The Kier molecular flexibility index (Phi) is 5.76. The molecule has 0 amide bonds. The number of nitrogens with one attached hydrogen (secondary N) is 1. The average molecular weight is 350 g/mol. The van der Waals surface area contributed by atoms with E-state index >= 15 is 0 Å².